The molecule has 3 aliphatic rings. The van der Waals surface area contributed by atoms with Gasteiger partial charge in [-0.15, -0.1) is 11.3 Å². The van der Waals surface area contributed by atoms with E-state index in [0.717, 1.165) is 50.2 Å². The first kappa shape index (κ1) is 21.1. The highest BCUT2D eigenvalue weighted by molar-refractivity contribution is 7.15. The molecule has 1 aromatic heterocycles. The van der Waals surface area contributed by atoms with E-state index in [0.29, 0.717) is 0 Å². The van der Waals surface area contributed by atoms with Crippen LogP contribution in [0.1, 0.15) is 62.9 Å². The lowest BCUT2D eigenvalue weighted by atomic mass is 9.53. The summed E-state index contributed by atoms with van der Waals surface area (Å²) in [6, 6.07) is 10.4. The first-order valence-corrected chi connectivity index (χ1v) is 12.7. The monoisotopic (exact) mass is 438 g/mol. The van der Waals surface area contributed by atoms with Crippen LogP contribution in [-0.2, 0) is 11.2 Å². The Hall–Kier alpha value is -1.72. The second kappa shape index (κ2) is 8.00. The zero-order valence-corrected chi connectivity index (χ0v) is 19.7. The summed E-state index contributed by atoms with van der Waals surface area (Å²) in [5.74, 6) is 0.533. The second-order valence-corrected chi connectivity index (χ2v) is 11.4. The Morgan fingerprint density at radius 3 is 2.68 bits per heavy atom. The van der Waals surface area contributed by atoms with Crippen molar-refractivity contribution in [1.29, 1.82) is 0 Å². The number of carbonyl (C=O) groups excluding carboxylic acids is 1. The van der Waals surface area contributed by atoms with Gasteiger partial charge in [0.05, 0.1) is 11.8 Å². The number of carbonyl (C=O) groups is 1. The summed E-state index contributed by atoms with van der Waals surface area (Å²) >= 11 is 1.82. The second-order valence-electron chi connectivity index (χ2n) is 10.4. The number of hydrogen-bond acceptors (Lipinski definition) is 4. The topological polar surface area (TPSA) is 53.4 Å². The molecule has 5 rings (SSSR count). The fourth-order valence-corrected chi connectivity index (χ4v) is 8.03. The first-order valence-electron chi connectivity index (χ1n) is 11.9. The molecule has 4 nitrogen and oxygen atoms in total. The normalized spacial score (nSPS) is 33.6. The minimum Gasteiger partial charge on any atom is -0.392 e. The molecule has 1 aliphatic heterocycles. The smallest absolute Gasteiger partial charge is 0.225 e. The fraction of sp³-hybridized carbons (Fsp3) is 0.615. The van der Waals surface area contributed by atoms with E-state index in [4.69, 9.17) is 4.98 Å². The standard InChI is InChI=1S/C26H34N2O2S/c1-16(25(30)28-13-7-8-14-28)19-11-12-26(3)15-20-22(17(2)21(26)23(19)29)27-24(31-20)18-9-5-4-6-10-18/h4-6,9-10,16-17,19,21,23,29H,7-8,11-15H2,1-3H3. The number of amides is 1. The molecular weight excluding hydrogens is 404 g/mol. The van der Waals surface area contributed by atoms with Crippen LogP contribution in [-0.4, -0.2) is 40.1 Å². The molecule has 2 aliphatic carbocycles. The van der Waals surface area contributed by atoms with Crippen molar-refractivity contribution in [2.24, 2.45) is 23.2 Å². The van der Waals surface area contributed by atoms with E-state index < -0.39 is 6.10 Å². The molecule has 1 N–H and O–H groups in total. The zero-order chi connectivity index (χ0) is 21.8. The fourth-order valence-electron chi connectivity index (χ4n) is 6.66. The van der Waals surface area contributed by atoms with Crippen molar-refractivity contribution in [2.75, 3.05) is 13.1 Å². The lowest BCUT2D eigenvalue weighted by Crippen LogP contribution is -2.53. The molecule has 1 saturated heterocycles. The third-order valence-electron chi connectivity index (χ3n) is 8.39. The molecule has 2 fully saturated rings. The van der Waals surface area contributed by atoms with Crippen molar-refractivity contribution in [3.63, 3.8) is 0 Å². The lowest BCUT2D eigenvalue weighted by molar-refractivity contribution is -0.143. The summed E-state index contributed by atoms with van der Waals surface area (Å²) in [6.07, 6.45) is 4.76. The van der Waals surface area contributed by atoms with Gasteiger partial charge in [-0.25, -0.2) is 4.98 Å². The van der Waals surface area contributed by atoms with Crippen LogP contribution < -0.4 is 0 Å². The molecule has 5 heteroatoms. The highest BCUT2D eigenvalue weighted by Crippen LogP contribution is 2.57. The third-order valence-corrected chi connectivity index (χ3v) is 9.51. The van der Waals surface area contributed by atoms with Gasteiger partial charge >= 0.3 is 0 Å². The van der Waals surface area contributed by atoms with Crippen LogP contribution in [0.5, 0.6) is 0 Å². The SMILES string of the molecule is CC(C(=O)N1CCCC1)C1CCC2(C)Cc3sc(-c4ccccc4)nc3C(C)C2C1O. The van der Waals surface area contributed by atoms with Crippen LogP contribution in [0.25, 0.3) is 10.6 Å². The number of aliphatic hydroxyl groups is 1. The highest BCUT2D eigenvalue weighted by Gasteiger charge is 2.54. The molecule has 1 saturated carbocycles. The van der Waals surface area contributed by atoms with Gasteiger partial charge in [0, 0.05) is 35.4 Å². The Balaban J connectivity index is 1.42. The molecule has 166 valence electrons. The van der Waals surface area contributed by atoms with E-state index in [1.54, 1.807) is 0 Å². The summed E-state index contributed by atoms with van der Waals surface area (Å²) in [6.45, 7) is 8.41. The van der Waals surface area contributed by atoms with Gasteiger partial charge in [0.2, 0.25) is 5.91 Å². The Kier molecular flexibility index (Phi) is 5.46. The van der Waals surface area contributed by atoms with Crippen molar-refractivity contribution in [3.05, 3.63) is 40.9 Å². The molecule has 2 aromatic rings. The molecular formula is C26H34N2O2S. The lowest BCUT2D eigenvalue weighted by Gasteiger charge is -2.53. The molecule has 0 radical (unpaired) electrons. The van der Waals surface area contributed by atoms with E-state index in [-0.39, 0.29) is 35.0 Å². The van der Waals surface area contributed by atoms with E-state index in [1.807, 2.05) is 29.2 Å². The van der Waals surface area contributed by atoms with Crippen LogP contribution in [0.2, 0.25) is 0 Å². The molecule has 0 spiro atoms. The molecule has 6 atom stereocenters. The minimum absolute atomic E-state index is 0.0439. The van der Waals surface area contributed by atoms with Gasteiger partial charge < -0.3 is 10.0 Å². The van der Waals surface area contributed by atoms with E-state index in [9.17, 15) is 9.90 Å². The van der Waals surface area contributed by atoms with Crippen molar-refractivity contribution in [1.82, 2.24) is 9.88 Å². The van der Waals surface area contributed by atoms with Crippen molar-refractivity contribution in [2.45, 2.75) is 64.9 Å². The Morgan fingerprint density at radius 1 is 1.26 bits per heavy atom. The maximum absolute atomic E-state index is 13.1. The van der Waals surface area contributed by atoms with Gasteiger partial charge in [-0.2, -0.15) is 0 Å². The van der Waals surface area contributed by atoms with Crippen LogP contribution in [0, 0.1) is 23.2 Å². The van der Waals surface area contributed by atoms with Crippen LogP contribution in [0.4, 0.5) is 0 Å². The molecule has 31 heavy (non-hydrogen) atoms. The van der Waals surface area contributed by atoms with Gasteiger partial charge in [0.1, 0.15) is 5.01 Å². The molecule has 1 aromatic carbocycles. The largest absolute Gasteiger partial charge is 0.392 e. The Bertz CT molecular complexity index is 952. The molecule has 1 amide bonds. The number of likely N-dealkylation sites (tertiary alicyclic amines) is 1. The summed E-state index contributed by atoms with van der Waals surface area (Å²) in [5, 5.41) is 12.7. The van der Waals surface area contributed by atoms with Gasteiger partial charge in [0.15, 0.2) is 0 Å². The molecule has 6 unspecified atom stereocenters. The van der Waals surface area contributed by atoms with E-state index in [1.165, 1.54) is 16.1 Å². The Labute approximate surface area is 189 Å². The van der Waals surface area contributed by atoms with E-state index in [2.05, 4.69) is 38.1 Å². The maximum atomic E-state index is 13.1. The molecule has 0 bridgehead atoms. The zero-order valence-electron chi connectivity index (χ0n) is 18.9. The average Bonchev–Trinajstić information content (AvgIpc) is 3.43. The number of benzene rings is 1. The van der Waals surface area contributed by atoms with Gasteiger partial charge in [-0.3, -0.25) is 4.79 Å². The average molecular weight is 439 g/mol. The van der Waals surface area contributed by atoms with Gasteiger partial charge in [-0.05, 0) is 49.4 Å². The first-order chi connectivity index (χ1) is 14.9. The van der Waals surface area contributed by atoms with Crippen molar-refractivity contribution in [3.8, 4) is 10.6 Å². The highest BCUT2D eigenvalue weighted by atomic mass is 32.1. The van der Waals surface area contributed by atoms with Crippen molar-refractivity contribution < 1.29 is 9.90 Å². The minimum atomic E-state index is -0.453. The van der Waals surface area contributed by atoms with Crippen LogP contribution >= 0.6 is 11.3 Å². The maximum Gasteiger partial charge on any atom is 0.225 e. The predicted octanol–water partition coefficient (Wildman–Crippen LogP) is 5.12. The number of aliphatic hydroxyl groups excluding tert-OH is 1. The molecule has 2 heterocycles. The quantitative estimate of drug-likeness (QED) is 0.723. The number of nitrogens with zero attached hydrogens (tertiary/aromatic N) is 2. The Morgan fingerprint density at radius 2 is 1.97 bits per heavy atom. The van der Waals surface area contributed by atoms with Crippen LogP contribution in [0.15, 0.2) is 30.3 Å². The van der Waals surface area contributed by atoms with Gasteiger partial charge in [-0.1, -0.05) is 51.1 Å². The summed E-state index contributed by atoms with van der Waals surface area (Å²) < 4.78 is 0. The number of fused-ring (bicyclic) bond motifs is 2. The summed E-state index contributed by atoms with van der Waals surface area (Å²) in [7, 11) is 0. The predicted molar refractivity (Wildman–Crippen MR) is 125 cm³/mol. The van der Waals surface area contributed by atoms with Crippen molar-refractivity contribution >= 4 is 17.2 Å². The number of aromatic nitrogens is 1. The number of hydrogen-bond donors (Lipinski definition) is 1. The van der Waals surface area contributed by atoms with Gasteiger partial charge in [0.25, 0.3) is 0 Å². The number of thiazole rings is 1. The third kappa shape index (κ3) is 3.54. The summed E-state index contributed by atoms with van der Waals surface area (Å²) in [4.78, 5) is 21.5. The van der Waals surface area contributed by atoms with Crippen LogP contribution in [0.3, 0.4) is 0 Å². The summed E-state index contributed by atoms with van der Waals surface area (Å²) in [5.41, 5.74) is 2.41. The number of rotatable bonds is 3. The van der Waals surface area contributed by atoms with E-state index >= 15 is 0 Å².